The number of carbonyl (C=O) groups is 1. The van der Waals surface area contributed by atoms with Crippen molar-refractivity contribution in [1.82, 2.24) is 4.90 Å². The second-order valence-corrected chi connectivity index (χ2v) is 6.00. The van der Waals surface area contributed by atoms with Gasteiger partial charge in [-0.25, -0.2) is 4.79 Å². The van der Waals surface area contributed by atoms with Crippen LogP contribution in [-0.2, 0) is 11.2 Å². The van der Waals surface area contributed by atoms with Crippen molar-refractivity contribution in [3.05, 3.63) is 35.9 Å². The number of ether oxygens (including phenoxy) is 1. The largest absolute Gasteiger partial charge is 0.447 e. The number of carbonyl (C=O) groups excluding carboxylic acids is 1. The van der Waals surface area contributed by atoms with Crippen molar-refractivity contribution in [2.45, 2.75) is 45.6 Å². The van der Waals surface area contributed by atoms with Gasteiger partial charge in [-0.1, -0.05) is 57.0 Å². The minimum Gasteiger partial charge on any atom is -0.447 e. The van der Waals surface area contributed by atoms with E-state index in [1.54, 1.807) is 0 Å². The van der Waals surface area contributed by atoms with Crippen LogP contribution < -0.4 is 0 Å². The fourth-order valence-corrected chi connectivity index (χ4v) is 2.65. The summed E-state index contributed by atoms with van der Waals surface area (Å²) in [5, 5.41) is 0. The molecular weight excluding hydrogens is 250 g/mol. The van der Waals surface area contributed by atoms with Gasteiger partial charge in [-0.2, -0.15) is 0 Å². The Morgan fingerprint density at radius 2 is 2.00 bits per heavy atom. The van der Waals surface area contributed by atoms with Crippen LogP contribution in [0.5, 0.6) is 0 Å². The van der Waals surface area contributed by atoms with Crippen molar-refractivity contribution < 1.29 is 9.53 Å². The third-order valence-electron chi connectivity index (χ3n) is 3.82. The molecule has 1 aromatic carbocycles. The summed E-state index contributed by atoms with van der Waals surface area (Å²) in [5.74, 6) is 0.737. The van der Waals surface area contributed by atoms with E-state index in [1.165, 1.54) is 18.4 Å². The van der Waals surface area contributed by atoms with E-state index in [0.717, 1.165) is 25.3 Å². The highest BCUT2D eigenvalue weighted by atomic mass is 16.6. The molecule has 0 N–H and O–H groups in total. The maximum Gasteiger partial charge on any atom is 0.410 e. The maximum atomic E-state index is 11.8. The SMILES string of the molecule is CC(C)CCCCN1C(=O)OCC1Cc1ccccc1. The Morgan fingerprint density at radius 3 is 2.70 bits per heavy atom. The van der Waals surface area contributed by atoms with E-state index in [2.05, 4.69) is 26.0 Å². The van der Waals surface area contributed by atoms with Gasteiger partial charge in [-0.15, -0.1) is 0 Å². The zero-order chi connectivity index (χ0) is 14.4. The van der Waals surface area contributed by atoms with Gasteiger partial charge >= 0.3 is 6.09 Å². The Balaban J connectivity index is 1.83. The Kier molecular flexibility index (Phi) is 5.45. The molecule has 0 aromatic heterocycles. The molecule has 1 fully saturated rings. The van der Waals surface area contributed by atoms with Crippen molar-refractivity contribution in [3.8, 4) is 0 Å². The summed E-state index contributed by atoms with van der Waals surface area (Å²) in [4.78, 5) is 13.7. The Bertz CT molecular complexity index is 416. The molecule has 1 aliphatic rings. The summed E-state index contributed by atoms with van der Waals surface area (Å²) in [5.41, 5.74) is 1.27. The molecule has 0 spiro atoms. The first-order valence-corrected chi connectivity index (χ1v) is 7.64. The van der Waals surface area contributed by atoms with Gasteiger partial charge in [0.15, 0.2) is 0 Å². The minimum atomic E-state index is -0.143. The Morgan fingerprint density at radius 1 is 1.25 bits per heavy atom. The quantitative estimate of drug-likeness (QED) is 0.707. The van der Waals surface area contributed by atoms with Crippen LogP contribution in [0.1, 0.15) is 38.7 Å². The molecule has 3 nitrogen and oxygen atoms in total. The van der Waals surface area contributed by atoms with Crippen LogP contribution in [0, 0.1) is 5.92 Å². The number of amides is 1. The molecule has 0 saturated carbocycles. The minimum absolute atomic E-state index is 0.143. The van der Waals surface area contributed by atoms with Gasteiger partial charge in [0.1, 0.15) is 6.61 Å². The zero-order valence-corrected chi connectivity index (χ0v) is 12.5. The number of rotatable bonds is 7. The topological polar surface area (TPSA) is 29.5 Å². The summed E-state index contributed by atoms with van der Waals surface area (Å²) >= 11 is 0. The first-order chi connectivity index (χ1) is 9.66. The lowest BCUT2D eigenvalue weighted by Crippen LogP contribution is -2.35. The van der Waals surface area contributed by atoms with E-state index in [0.29, 0.717) is 6.61 Å². The van der Waals surface area contributed by atoms with Crippen molar-refractivity contribution in [2.24, 2.45) is 5.92 Å². The zero-order valence-electron chi connectivity index (χ0n) is 12.5. The van der Waals surface area contributed by atoms with Gasteiger partial charge in [0.2, 0.25) is 0 Å². The second-order valence-electron chi connectivity index (χ2n) is 6.00. The molecule has 0 radical (unpaired) electrons. The fraction of sp³-hybridized carbons (Fsp3) is 0.588. The van der Waals surface area contributed by atoms with Crippen LogP contribution in [0.15, 0.2) is 30.3 Å². The number of benzene rings is 1. The maximum absolute atomic E-state index is 11.8. The molecule has 1 aromatic rings. The molecule has 1 unspecified atom stereocenters. The molecule has 1 saturated heterocycles. The number of hydrogen-bond donors (Lipinski definition) is 0. The van der Waals surface area contributed by atoms with Crippen LogP contribution in [-0.4, -0.2) is 30.2 Å². The molecule has 0 aliphatic carbocycles. The smallest absolute Gasteiger partial charge is 0.410 e. The lowest BCUT2D eigenvalue weighted by atomic mass is 10.0. The number of unbranched alkanes of at least 4 members (excludes halogenated alkanes) is 1. The summed E-state index contributed by atoms with van der Waals surface area (Å²) in [6.45, 7) is 5.83. The monoisotopic (exact) mass is 275 g/mol. The van der Waals surface area contributed by atoms with E-state index < -0.39 is 0 Å². The van der Waals surface area contributed by atoms with Crippen LogP contribution in [0.2, 0.25) is 0 Å². The molecule has 1 heterocycles. The predicted octanol–water partition coefficient (Wildman–Crippen LogP) is 3.88. The highest BCUT2D eigenvalue weighted by molar-refractivity contribution is 5.70. The van der Waals surface area contributed by atoms with E-state index in [4.69, 9.17) is 4.74 Å². The Hall–Kier alpha value is -1.51. The van der Waals surface area contributed by atoms with Gasteiger partial charge in [0, 0.05) is 6.54 Å². The average Bonchev–Trinajstić information content (AvgIpc) is 2.77. The van der Waals surface area contributed by atoms with E-state index >= 15 is 0 Å². The lowest BCUT2D eigenvalue weighted by Gasteiger charge is -2.21. The van der Waals surface area contributed by atoms with Crippen LogP contribution in [0.25, 0.3) is 0 Å². The number of cyclic esters (lactones) is 1. The standard InChI is InChI=1S/C17H25NO2/c1-14(2)8-6-7-11-18-16(13-20-17(18)19)12-15-9-4-3-5-10-15/h3-5,9-10,14,16H,6-8,11-13H2,1-2H3. The highest BCUT2D eigenvalue weighted by Gasteiger charge is 2.32. The normalized spacial score (nSPS) is 18.6. The first kappa shape index (κ1) is 14.9. The molecular formula is C17H25NO2. The van der Waals surface area contributed by atoms with Gasteiger partial charge in [0.05, 0.1) is 6.04 Å². The van der Waals surface area contributed by atoms with Gasteiger partial charge in [-0.3, -0.25) is 0 Å². The van der Waals surface area contributed by atoms with Gasteiger partial charge in [0.25, 0.3) is 0 Å². The van der Waals surface area contributed by atoms with Gasteiger partial charge in [-0.05, 0) is 24.3 Å². The van der Waals surface area contributed by atoms with Gasteiger partial charge < -0.3 is 9.64 Å². The molecule has 20 heavy (non-hydrogen) atoms. The van der Waals surface area contributed by atoms with E-state index in [1.807, 2.05) is 23.1 Å². The average molecular weight is 275 g/mol. The molecule has 1 aliphatic heterocycles. The first-order valence-electron chi connectivity index (χ1n) is 7.64. The van der Waals surface area contributed by atoms with Crippen LogP contribution >= 0.6 is 0 Å². The summed E-state index contributed by atoms with van der Waals surface area (Å²) in [7, 11) is 0. The van der Waals surface area contributed by atoms with Crippen molar-refractivity contribution in [1.29, 1.82) is 0 Å². The number of hydrogen-bond acceptors (Lipinski definition) is 2. The third kappa shape index (κ3) is 4.26. The Labute approximate surface area is 121 Å². The van der Waals surface area contributed by atoms with E-state index in [-0.39, 0.29) is 12.1 Å². The summed E-state index contributed by atoms with van der Waals surface area (Å²) in [6.07, 6.45) is 4.22. The summed E-state index contributed by atoms with van der Waals surface area (Å²) < 4.78 is 5.22. The molecule has 2 rings (SSSR count). The predicted molar refractivity (Wildman–Crippen MR) is 80.7 cm³/mol. The molecule has 110 valence electrons. The highest BCUT2D eigenvalue weighted by Crippen LogP contribution is 2.18. The molecule has 3 heteroatoms. The van der Waals surface area contributed by atoms with E-state index in [9.17, 15) is 4.79 Å². The molecule has 0 bridgehead atoms. The van der Waals surface area contributed by atoms with Crippen molar-refractivity contribution in [2.75, 3.05) is 13.2 Å². The lowest BCUT2D eigenvalue weighted by molar-refractivity contribution is 0.157. The fourth-order valence-electron chi connectivity index (χ4n) is 2.65. The van der Waals surface area contributed by atoms with Crippen molar-refractivity contribution >= 4 is 6.09 Å². The third-order valence-corrected chi connectivity index (χ3v) is 3.82. The number of nitrogens with zero attached hydrogens (tertiary/aromatic N) is 1. The molecule has 1 atom stereocenters. The van der Waals surface area contributed by atoms with Crippen LogP contribution in [0.3, 0.4) is 0 Å². The molecule has 1 amide bonds. The summed E-state index contributed by atoms with van der Waals surface area (Å²) in [6, 6.07) is 10.5. The van der Waals surface area contributed by atoms with Crippen molar-refractivity contribution in [3.63, 3.8) is 0 Å². The second kappa shape index (κ2) is 7.32. The van der Waals surface area contributed by atoms with Crippen LogP contribution in [0.4, 0.5) is 4.79 Å².